The Morgan fingerprint density at radius 1 is 1.29 bits per heavy atom. The summed E-state index contributed by atoms with van der Waals surface area (Å²) in [6, 6.07) is 11.7. The van der Waals surface area contributed by atoms with Gasteiger partial charge in [0.15, 0.2) is 0 Å². The average Bonchev–Trinajstić information content (AvgIpc) is 3.65. The first-order valence-electron chi connectivity index (χ1n) is 14.2. The second-order valence-corrected chi connectivity index (χ2v) is 14.1. The number of benzene rings is 2. The van der Waals surface area contributed by atoms with E-state index in [0.29, 0.717) is 45.0 Å². The van der Waals surface area contributed by atoms with Gasteiger partial charge in [-0.15, -0.1) is 5.10 Å². The van der Waals surface area contributed by atoms with Gasteiger partial charge >= 0.3 is 7.60 Å². The molecular formula is C30H33ClFN6O3P. The zero-order chi connectivity index (χ0) is 31.2. The second-order valence-electron chi connectivity index (χ2n) is 12.0. The summed E-state index contributed by atoms with van der Waals surface area (Å²) in [7, 11) is -4.34. The molecule has 5 rings (SSSR count). The first-order valence-corrected chi connectivity index (χ1v) is 15.8. The van der Waals surface area contributed by atoms with Gasteiger partial charge in [-0.2, -0.15) is 5.26 Å². The van der Waals surface area contributed by atoms with E-state index in [2.05, 4.69) is 21.4 Å². The van der Waals surface area contributed by atoms with Gasteiger partial charge in [0, 0.05) is 38.1 Å². The fourth-order valence-corrected chi connectivity index (χ4v) is 5.84. The summed E-state index contributed by atoms with van der Waals surface area (Å²) < 4.78 is 37.2. The molecule has 0 aliphatic heterocycles. The minimum Gasteiger partial charge on any atom is -0.369 e. The number of nitrogens with zero attached hydrogens (tertiary/aromatic N) is 6. The van der Waals surface area contributed by atoms with Crippen molar-refractivity contribution in [2.45, 2.75) is 52.0 Å². The molecule has 4 aromatic rings. The van der Waals surface area contributed by atoms with Crippen LogP contribution in [-0.4, -0.2) is 49.0 Å². The highest BCUT2D eigenvalue weighted by Crippen LogP contribution is 2.40. The topological polar surface area (TPSA) is 128 Å². The molecule has 0 saturated heterocycles. The van der Waals surface area contributed by atoms with E-state index in [9.17, 15) is 25.4 Å². The standard InChI is InChI=1S/C30H33ClFN6O3P/c1-30(2,3)18-37(10-11-42(39,40)41)29-21(15-33)16-34-28-25(29)13-19(14-26(28)31)12-24(20-4-6-22(32)7-5-20)27-17-38(36-35-27)23-8-9-23/h4-7,13-14,16-17,23-24H,8-12,18H2,1-3H3,(H2,39,40,41)/i24D. The van der Waals surface area contributed by atoms with Crippen molar-refractivity contribution in [3.8, 4) is 6.07 Å². The molecule has 1 atom stereocenters. The van der Waals surface area contributed by atoms with Gasteiger partial charge in [-0.3, -0.25) is 9.55 Å². The van der Waals surface area contributed by atoms with Crippen LogP contribution >= 0.6 is 19.2 Å². The lowest BCUT2D eigenvalue weighted by molar-refractivity contribution is 0.369. The van der Waals surface area contributed by atoms with Crippen molar-refractivity contribution < 1.29 is 20.1 Å². The van der Waals surface area contributed by atoms with Crippen molar-refractivity contribution in [1.82, 2.24) is 20.0 Å². The lowest BCUT2D eigenvalue weighted by Gasteiger charge is -2.33. The quantitative estimate of drug-likeness (QED) is 0.202. The number of hydrogen-bond donors (Lipinski definition) is 2. The van der Waals surface area contributed by atoms with Gasteiger partial charge in [-0.1, -0.05) is 49.7 Å². The lowest BCUT2D eigenvalue weighted by Crippen LogP contribution is -2.35. The maximum absolute atomic E-state index is 13.9. The maximum Gasteiger partial charge on any atom is 0.327 e. The molecule has 42 heavy (non-hydrogen) atoms. The Balaban J connectivity index is 1.66. The minimum absolute atomic E-state index is 0.000575. The van der Waals surface area contributed by atoms with Crippen LogP contribution in [0, 0.1) is 22.6 Å². The van der Waals surface area contributed by atoms with E-state index >= 15 is 0 Å². The summed E-state index contributed by atoms with van der Waals surface area (Å²) in [6.45, 7) is 6.38. The number of aromatic nitrogens is 4. The van der Waals surface area contributed by atoms with Gasteiger partial charge in [0.25, 0.3) is 0 Å². The lowest BCUT2D eigenvalue weighted by atomic mass is 9.88. The van der Waals surface area contributed by atoms with Crippen LogP contribution in [0.5, 0.6) is 0 Å². The van der Waals surface area contributed by atoms with E-state index in [-0.39, 0.29) is 30.0 Å². The SMILES string of the molecule is [2H]C(Cc1cc(Cl)c2ncc(C#N)c(N(CCP(=O)(O)O)CC(C)(C)C)c2c1)(c1ccc(F)cc1)c1cn(C2CC2)nn1. The molecule has 12 heteroatoms. The van der Waals surface area contributed by atoms with E-state index in [4.69, 9.17) is 11.6 Å². The Morgan fingerprint density at radius 3 is 2.62 bits per heavy atom. The van der Waals surface area contributed by atoms with Crippen LogP contribution in [-0.2, 0) is 11.0 Å². The Morgan fingerprint density at radius 2 is 2.00 bits per heavy atom. The van der Waals surface area contributed by atoms with E-state index < -0.39 is 25.5 Å². The molecule has 9 nitrogen and oxygen atoms in total. The van der Waals surface area contributed by atoms with Gasteiger partial charge in [0.2, 0.25) is 0 Å². The number of halogens is 2. The van der Waals surface area contributed by atoms with Crippen molar-refractivity contribution in [3.05, 3.63) is 82.0 Å². The molecule has 1 aliphatic carbocycles. The summed E-state index contributed by atoms with van der Waals surface area (Å²) in [5.74, 6) is -1.88. The summed E-state index contributed by atoms with van der Waals surface area (Å²) in [5.41, 5.74) is 2.41. The molecule has 220 valence electrons. The smallest absolute Gasteiger partial charge is 0.327 e. The zero-order valence-corrected chi connectivity index (χ0v) is 25.3. The summed E-state index contributed by atoms with van der Waals surface area (Å²) in [5, 5.41) is 19.5. The third kappa shape index (κ3) is 7.16. The van der Waals surface area contributed by atoms with E-state index in [0.717, 1.165) is 12.8 Å². The predicted octanol–water partition coefficient (Wildman–Crippen LogP) is 6.23. The third-order valence-corrected chi connectivity index (χ3v) is 8.10. The summed E-state index contributed by atoms with van der Waals surface area (Å²) >= 11 is 6.78. The molecule has 0 amide bonds. The normalized spacial score (nSPS) is 15.7. The Bertz CT molecular complexity index is 1750. The second kappa shape index (κ2) is 11.7. The first-order chi connectivity index (χ1) is 20.2. The van der Waals surface area contributed by atoms with Gasteiger partial charge in [-0.05, 0) is 60.1 Å². The molecule has 2 N–H and O–H groups in total. The number of fused-ring (bicyclic) bond motifs is 1. The van der Waals surface area contributed by atoms with Crippen molar-refractivity contribution >= 4 is 35.8 Å². The highest BCUT2D eigenvalue weighted by atomic mass is 35.5. The molecule has 2 aromatic carbocycles. The van der Waals surface area contributed by atoms with Crippen LogP contribution < -0.4 is 4.90 Å². The van der Waals surface area contributed by atoms with Gasteiger partial charge in [0.05, 0.1) is 39.7 Å². The Kier molecular flexibility index (Phi) is 8.03. The number of hydrogen-bond acceptors (Lipinski definition) is 6. The first kappa shape index (κ1) is 28.8. The third-order valence-electron chi connectivity index (χ3n) is 7.03. The van der Waals surface area contributed by atoms with Crippen LogP contribution in [0.1, 0.15) is 69.3 Å². The molecule has 1 aliphatic rings. The number of anilines is 1. The molecule has 0 spiro atoms. The molecule has 0 radical (unpaired) electrons. The molecule has 1 saturated carbocycles. The Labute approximate surface area is 250 Å². The fourth-order valence-electron chi connectivity index (χ4n) is 5.05. The van der Waals surface area contributed by atoms with E-state index in [1.807, 2.05) is 26.8 Å². The number of nitriles is 1. The maximum atomic E-state index is 13.9. The average molecular weight is 612 g/mol. The van der Waals surface area contributed by atoms with E-state index in [1.165, 1.54) is 18.3 Å². The van der Waals surface area contributed by atoms with Crippen LogP contribution in [0.25, 0.3) is 10.9 Å². The fraction of sp³-hybridized carbons (Fsp3) is 0.400. The Hall–Kier alpha value is -3.35. The molecule has 1 unspecified atom stereocenters. The van der Waals surface area contributed by atoms with Crippen molar-refractivity contribution in [2.24, 2.45) is 5.41 Å². The largest absolute Gasteiger partial charge is 0.369 e. The van der Waals surface area contributed by atoms with Gasteiger partial charge in [-0.25, -0.2) is 9.07 Å². The van der Waals surface area contributed by atoms with Gasteiger partial charge < -0.3 is 14.7 Å². The molecule has 2 heterocycles. The predicted molar refractivity (Wildman–Crippen MR) is 160 cm³/mol. The van der Waals surface area contributed by atoms with E-state index in [1.54, 1.807) is 34.0 Å². The monoisotopic (exact) mass is 611 g/mol. The van der Waals surface area contributed by atoms with Crippen molar-refractivity contribution in [1.29, 1.82) is 5.26 Å². The molecule has 1 fully saturated rings. The molecular weight excluding hydrogens is 578 g/mol. The number of rotatable bonds is 10. The summed E-state index contributed by atoms with van der Waals surface area (Å²) in [4.78, 5) is 25.6. The number of pyridine rings is 1. The zero-order valence-electron chi connectivity index (χ0n) is 24.6. The minimum atomic E-state index is -4.34. The van der Waals surface area contributed by atoms with Crippen LogP contribution in [0.4, 0.5) is 10.1 Å². The van der Waals surface area contributed by atoms with Crippen molar-refractivity contribution in [2.75, 3.05) is 24.2 Å². The van der Waals surface area contributed by atoms with Gasteiger partial charge in [0.1, 0.15) is 11.9 Å². The highest BCUT2D eigenvalue weighted by Gasteiger charge is 2.28. The van der Waals surface area contributed by atoms with Crippen molar-refractivity contribution in [3.63, 3.8) is 0 Å². The molecule has 0 bridgehead atoms. The summed E-state index contributed by atoms with van der Waals surface area (Å²) in [6.07, 6.45) is 4.87. The van der Waals surface area contributed by atoms with Crippen LogP contribution in [0.2, 0.25) is 5.02 Å². The van der Waals surface area contributed by atoms with Crippen LogP contribution in [0.3, 0.4) is 0 Å². The highest BCUT2D eigenvalue weighted by molar-refractivity contribution is 7.51. The van der Waals surface area contributed by atoms with Crippen LogP contribution in [0.15, 0.2) is 48.8 Å². The molecule has 2 aromatic heterocycles.